The van der Waals surface area contributed by atoms with E-state index in [1.54, 1.807) is 6.92 Å². The maximum Gasteiger partial charge on any atom is 0.309 e. The summed E-state index contributed by atoms with van der Waals surface area (Å²) in [5, 5.41) is 9.07. The minimum atomic E-state index is -0.855. The number of methoxy groups -OCH3 is 1. The monoisotopic (exact) mass is 436 g/mol. The van der Waals surface area contributed by atoms with Gasteiger partial charge in [-0.15, -0.1) is 0 Å². The summed E-state index contributed by atoms with van der Waals surface area (Å²) in [5.74, 6) is 1.71. The highest BCUT2D eigenvalue weighted by molar-refractivity contribution is 5.83. The third kappa shape index (κ3) is 6.30. The Kier molecular flexibility index (Phi) is 7.76. The number of carboxylic acid groups (broad SMARTS) is 1. The van der Waals surface area contributed by atoms with Crippen LogP contribution in [0.25, 0.3) is 0 Å². The van der Waals surface area contributed by atoms with Gasteiger partial charge in [-0.25, -0.2) is 0 Å². The van der Waals surface area contributed by atoms with E-state index in [0.29, 0.717) is 18.9 Å². The second-order valence-electron chi connectivity index (χ2n) is 9.96. The average Bonchev–Trinajstić information content (AvgIpc) is 3.56. The lowest BCUT2D eigenvalue weighted by molar-refractivity contribution is -0.151. The number of Topliss-reactive ketones (excluding diaryl/α,β-unsaturated/α-hetero) is 1. The molecule has 8 atom stereocenters. The minimum Gasteiger partial charge on any atom is -0.481 e. The van der Waals surface area contributed by atoms with E-state index in [4.69, 9.17) is 9.84 Å². The molecule has 7 heteroatoms. The highest BCUT2D eigenvalue weighted by Crippen LogP contribution is 2.57. The maximum absolute atomic E-state index is 11.8. The molecule has 4 rings (SSSR count). The van der Waals surface area contributed by atoms with Crippen molar-refractivity contribution in [1.82, 2.24) is 0 Å². The smallest absolute Gasteiger partial charge is 0.309 e. The molecule has 0 spiro atoms. The highest BCUT2D eigenvalue weighted by atomic mass is 16.5. The van der Waals surface area contributed by atoms with Gasteiger partial charge in [0.05, 0.1) is 32.0 Å². The second kappa shape index (κ2) is 10.1. The second-order valence-corrected chi connectivity index (χ2v) is 9.96. The van der Waals surface area contributed by atoms with Gasteiger partial charge in [-0.3, -0.25) is 14.4 Å². The average molecular weight is 437 g/mol. The van der Waals surface area contributed by atoms with Crippen molar-refractivity contribution >= 4 is 23.7 Å². The molecule has 0 radical (unpaired) electrons. The van der Waals surface area contributed by atoms with Crippen LogP contribution in [0.2, 0.25) is 0 Å². The Hall–Kier alpha value is -1.92. The van der Waals surface area contributed by atoms with Crippen molar-refractivity contribution in [2.45, 2.75) is 65.2 Å². The molecule has 0 aliphatic heterocycles. The molecule has 0 aromatic carbocycles. The number of fused-ring (bicyclic) bond motifs is 2. The van der Waals surface area contributed by atoms with Crippen molar-refractivity contribution in [3.8, 4) is 0 Å². The lowest BCUT2D eigenvalue weighted by atomic mass is 9.85. The molecule has 31 heavy (non-hydrogen) atoms. The lowest BCUT2D eigenvalue weighted by Crippen LogP contribution is -2.27. The normalized spacial score (nSPS) is 33.6. The maximum atomic E-state index is 11.8. The summed E-state index contributed by atoms with van der Waals surface area (Å²) in [4.78, 5) is 45.2. The number of esters is 2. The molecule has 1 N–H and O–H groups in total. The molecule has 4 aliphatic rings. The molecule has 0 saturated heterocycles. The van der Waals surface area contributed by atoms with Gasteiger partial charge >= 0.3 is 17.9 Å². The van der Waals surface area contributed by atoms with E-state index in [0.717, 1.165) is 49.4 Å². The zero-order valence-electron chi connectivity index (χ0n) is 18.9. The quantitative estimate of drug-likeness (QED) is 0.551. The van der Waals surface area contributed by atoms with Crippen LogP contribution < -0.4 is 0 Å². The lowest BCUT2D eigenvalue weighted by Gasteiger charge is -2.21. The molecule has 4 unspecified atom stereocenters. The van der Waals surface area contributed by atoms with Crippen molar-refractivity contribution in [3.63, 3.8) is 0 Å². The van der Waals surface area contributed by atoms with Gasteiger partial charge in [0, 0.05) is 6.42 Å². The number of aliphatic carboxylic acids is 1. The molecular formula is C24H36O7. The SMILES string of the molecule is CCOC(=O)C(CC(C)=O)C1C[C@@H]2C[C@@H]2C1.COC(=O)CC(C(=O)O)C1C[C@@H]2C[C@@H]2C1. The van der Waals surface area contributed by atoms with Crippen molar-refractivity contribution in [1.29, 1.82) is 0 Å². The molecule has 7 nitrogen and oxygen atoms in total. The largest absolute Gasteiger partial charge is 0.481 e. The molecule has 0 amide bonds. The summed E-state index contributed by atoms with van der Waals surface area (Å²) in [6, 6.07) is 0. The summed E-state index contributed by atoms with van der Waals surface area (Å²) < 4.78 is 9.60. The van der Waals surface area contributed by atoms with Crippen LogP contribution in [0.1, 0.15) is 65.2 Å². The van der Waals surface area contributed by atoms with Crippen LogP contribution in [0.5, 0.6) is 0 Å². The Morgan fingerprint density at radius 3 is 1.71 bits per heavy atom. The van der Waals surface area contributed by atoms with Gasteiger partial charge in [-0.1, -0.05) is 0 Å². The van der Waals surface area contributed by atoms with E-state index in [-0.39, 0.29) is 30.0 Å². The predicted molar refractivity (Wildman–Crippen MR) is 112 cm³/mol. The fraction of sp³-hybridized carbons (Fsp3) is 0.833. The van der Waals surface area contributed by atoms with Crippen LogP contribution in [0.3, 0.4) is 0 Å². The number of ether oxygens (including phenoxy) is 2. The molecule has 0 heterocycles. The molecule has 4 aliphatic carbocycles. The summed E-state index contributed by atoms with van der Waals surface area (Å²) >= 11 is 0. The molecule has 174 valence electrons. The van der Waals surface area contributed by atoms with Crippen molar-refractivity contribution in [3.05, 3.63) is 0 Å². The van der Waals surface area contributed by atoms with Gasteiger partial charge < -0.3 is 19.4 Å². The van der Waals surface area contributed by atoms with E-state index >= 15 is 0 Å². The first-order valence-corrected chi connectivity index (χ1v) is 11.7. The summed E-state index contributed by atoms with van der Waals surface area (Å²) in [5.41, 5.74) is 0. The van der Waals surface area contributed by atoms with E-state index < -0.39 is 17.9 Å². The highest BCUT2D eigenvalue weighted by Gasteiger charge is 2.50. The number of rotatable bonds is 9. The van der Waals surface area contributed by atoms with E-state index in [1.165, 1.54) is 20.0 Å². The van der Waals surface area contributed by atoms with Gasteiger partial charge in [0.1, 0.15) is 5.78 Å². The Bertz CT molecular complexity index is 682. The first-order valence-electron chi connectivity index (χ1n) is 11.7. The van der Waals surface area contributed by atoms with Crippen LogP contribution in [-0.2, 0) is 28.7 Å². The summed E-state index contributed by atoms with van der Waals surface area (Å²) in [6.45, 7) is 3.78. The molecular weight excluding hydrogens is 400 g/mol. The molecule has 0 aromatic rings. The first kappa shape index (κ1) is 23.7. The van der Waals surface area contributed by atoms with Gasteiger partial charge in [0.15, 0.2) is 0 Å². The minimum absolute atomic E-state index is 0.0238. The van der Waals surface area contributed by atoms with Crippen LogP contribution >= 0.6 is 0 Å². The number of hydrogen-bond acceptors (Lipinski definition) is 6. The molecule has 4 saturated carbocycles. The third-order valence-electron chi connectivity index (χ3n) is 7.73. The van der Waals surface area contributed by atoms with Crippen molar-refractivity contribution in [2.24, 2.45) is 47.3 Å². The van der Waals surface area contributed by atoms with Gasteiger partial charge in [-0.05, 0) is 87.9 Å². The molecule has 0 aromatic heterocycles. The zero-order valence-corrected chi connectivity index (χ0v) is 18.9. The predicted octanol–water partition coefficient (Wildman–Crippen LogP) is 3.49. The Balaban J connectivity index is 0.000000176. The zero-order chi connectivity index (χ0) is 22.7. The number of ketones is 1. The number of carboxylic acids is 1. The fourth-order valence-electron chi connectivity index (χ4n) is 5.90. The van der Waals surface area contributed by atoms with Gasteiger partial charge in [0.25, 0.3) is 0 Å². The van der Waals surface area contributed by atoms with Crippen LogP contribution in [0.15, 0.2) is 0 Å². The van der Waals surface area contributed by atoms with E-state index in [9.17, 15) is 19.2 Å². The number of carbonyl (C=O) groups excluding carboxylic acids is 3. The summed E-state index contributed by atoms with van der Waals surface area (Å²) in [7, 11) is 1.30. The number of carbonyl (C=O) groups is 4. The van der Waals surface area contributed by atoms with Crippen LogP contribution in [0, 0.1) is 47.3 Å². The van der Waals surface area contributed by atoms with Crippen molar-refractivity contribution in [2.75, 3.05) is 13.7 Å². The topological polar surface area (TPSA) is 107 Å². The first-order chi connectivity index (χ1) is 14.7. The Labute approximate surface area is 184 Å². The fourth-order valence-corrected chi connectivity index (χ4v) is 5.90. The number of hydrogen-bond donors (Lipinski definition) is 1. The standard InChI is InChI=1S/C13H20O3.C11H16O4/c1-3-16-13(15)12(4-8(2)14)11-6-9-5-10(9)7-11;1-15-10(12)5-9(11(13)14)8-3-6-2-7(6)4-8/h9-12H,3-7H2,1-2H3;6-9H,2-5H2,1H3,(H,13,14)/t9-,10+,11?,12?;6-,7+,8?,9?. The van der Waals surface area contributed by atoms with Crippen molar-refractivity contribution < 1.29 is 33.8 Å². The third-order valence-corrected chi connectivity index (χ3v) is 7.73. The van der Waals surface area contributed by atoms with E-state index in [1.807, 2.05) is 6.92 Å². The summed E-state index contributed by atoms with van der Waals surface area (Å²) in [6.07, 6.45) is 7.21. The molecule has 4 fully saturated rings. The van der Waals surface area contributed by atoms with Gasteiger partial charge in [-0.2, -0.15) is 0 Å². The Morgan fingerprint density at radius 2 is 1.32 bits per heavy atom. The van der Waals surface area contributed by atoms with Crippen LogP contribution in [-0.4, -0.2) is 42.5 Å². The van der Waals surface area contributed by atoms with E-state index in [2.05, 4.69) is 4.74 Å². The van der Waals surface area contributed by atoms with Gasteiger partial charge in [0.2, 0.25) is 0 Å². The van der Waals surface area contributed by atoms with Crippen LogP contribution in [0.4, 0.5) is 0 Å². The molecule has 0 bridgehead atoms. The Morgan fingerprint density at radius 1 is 0.839 bits per heavy atom.